The van der Waals surface area contributed by atoms with E-state index in [2.05, 4.69) is 31.2 Å². The number of amides is 2. The number of rotatable bonds is 5. The number of aromatic nitrogens is 4. The number of halogens is 1. The number of carbonyl (C=O) groups excluding carboxylic acids is 2. The van der Waals surface area contributed by atoms with Gasteiger partial charge in [0.1, 0.15) is 28.7 Å². The van der Waals surface area contributed by atoms with Gasteiger partial charge in [0, 0.05) is 48.7 Å². The van der Waals surface area contributed by atoms with Gasteiger partial charge < -0.3 is 24.8 Å². The van der Waals surface area contributed by atoms with Gasteiger partial charge in [-0.25, -0.2) is 14.4 Å². The lowest BCUT2D eigenvalue weighted by molar-refractivity contribution is -0.124. The van der Waals surface area contributed by atoms with Crippen molar-refractivity contribution in [1.82, 2.24) is 19.9 Å². The van der Waals surface area contributed by atoms with Crippen molar-refractivity contribution in [3.05, 3.63) is 107 Å². The Hall–Kier alpha value is -5.46. The summed E-state index contributed by atoms with van der Waals surface area (Å²) in [4.78, 5) is 50.6. The highest BCUT2D eigenvalue weighted by molar-refractivity contribution is 7.19. The summed E-state index contributed by atoms with van der Waals surface area (Å²) in [5.74, 6) is 0.558. The van der Waals surface area contributed by atoms with E-state index in [0.717, 1.165) is 65.7 Å². The van der Waals surface area contributed by atoms with E-state index in [0.29, 0.717) is 58.1 Å². The van der Waals surface area contributed by atoms with Crippen LogP contribution in [0.25, 0.3) is 32.3 Å². The van der Waals surface area contributed by atoms with Gasteiger partial charge in [-0.15, -0.1) is 11.3 Å². The standard InChI is InChI=1S/C39H34FN7O3S/c1-23-18-27(36(42-20-23)46-16-12-39(13-17-46)21-50-22-39)37(48)43-26-9-7-24(8-10-26)38(49)47-15-11-25-19-31(51-34(25)33-30(47)6-3-14-41-33)35-44-29-5-2-4-28(40)32(29)45-35/h2-10,14,18-20H,11-13,15-17,21-22H2,1H3,(H,43,48)(H,44,45). The molecule has 0 unspecified atom stereocenters. The molecular formula is C39H34FN7O3S. The van der Waals surface area contributed by atoms with E-state index in [9.17, 15) is 14.0 Å². The van der Waals surface area contributed by atoms with Gasteiger partial charge in [0.25, 0.3) is 11.8 Å². The molecule has 6 aromatic rings. The normalized spacial score (nSPS) is 16.4. The predicted molar refractivity (Wildman–Crippen MR) is 196 cm³/mol. The fourth-order valence-corrected chi connectivity index (χ4v) is 8.46. The van der Waals surface area contributed by atoms with E-state index in [1.807, 2.05) is 25.1 Å². The van der Waals surface area contributed by atoms with Gasteiger partial charge in [-0.2, -0.15) is 0 Å². The Morgan fingerprint density at radius 2 is 1.82 bits per heavy atom. The van der Waals surface area contributed by atoms with Crippen LogP contribution in [-0.2, 0) is 11.2 Å². The number of hydrogen-bond acceptors (Lipinski definition) is 8. The number of aryl methyl sites for hydroxylation is 1. The van der Waals surface area contributed by atoms with Crippen molar-refractivity contribution in [1.29, 1.82) is 0 Å². The average Bonchev–Trinajstić information content (AvgIpc) is 3.74. The number of H-pyrrole nitrogens is 1. The van der Waals surface area contributed by atoms with Crippen LogP contribution in [0.15, 0.2) is 79.1 Å². The maximum Gasteiger partial charge on any atom is 0.259 e. The summed E-state index contributed by atoms with van der Waals surface area (Å²) in [6.07, 6.45) is 6.19. The predicted octanol–water partition coefficient (Wildman–Crippen LogP) is 7.27. The molecule has 4 aromatic heterocycles. The second-order valence-electron chi connectivity index (χ2n) is 13.7. The molecule has 2 aromatic carbocycles. The van der Waals surface area contributed by atoms with E-state index in [1.165, 1.54) is 17.4 Å². The molecule has 2 fully saturated rings. The number of carbonyl (C=O) groups is 2. The lowest BCUT2D eigenvalue weighted by atomic mass is 9.77. The Balaban J connectivity index is 0.931. The first kappa shape index (κ1) is 31.5. The lowest BCUT2D eigenvalue weighted by Gasteiger charge is -2.47. The number of aromatic amines is 1. The molecule has 10 nitrogen and oxygen atoms in total. The highest BCUT2D eigenvalue weighted by atomic mass is 32.1. The van der Waals surface area contributed by atoms with Crippen LogP contribution in [0.4, 0.5) is 21.6 Å². The maximum absolute atomic E-state index is 14.4. The van der Waals surface area contributed by atoms with Gasteiger partial charge in [-0.05, 0) is 98.0 Å². The van der Waals surface area contributed by atoms with Crippen molar-refractivity contribution in [3.63, 3.8) is 0 Å². The molecule has 0 aliphatic carbocycles. The average molecular weight is 700 g/mol. The van der Waals surface area contributed by atoms with Crippen LogP contribution in [0.5, 0.6) is 0 Å². The summed E-state index contributed by atoms with van der Waals surface area (Å²) >= 11 is 1.53. The molecule has 0 radical (unpaired) electrons. The molecule has 0 atom stereocenters. The van der Waals surface area contributed by atoms with Crippen LogP contribution in [0, 0.1) is 18.2 Å². The van der Waals surface area contributed by atoms with Crippen molar-refractivity contribution < 1.29 is 18.7 Å². The number of imidazole rings is 1. The first-order chi connectivity index (χ1) is 24.8. The number of hydrogen-bond donors (Lipinski definition) is 2. The van der Waals surface area contributed by atoms with Gasteiger partial charge >= 0.3 is 0 Å². The third kappa shape index (κ3) is 5.64. The quantitative estimate of drug-likeness (QED) is 0.195. The molecule has 2 N–H and O–H groups in total. The van der Waals surface area contributed by atoms with Crippen LogP contribution in [0.2, 0.25) is 0 Å². The van der Waals surface area contributed by atoms with Crippen LogP contribution in [-0.4, -0.2) is 64.6 Å². The van der Waals surface area contributed by atoms with Crippen molar-refractivity contribution >= 4 is 51.4 Å². The Kier molecular flexibility index (Phi) is 7.66. The zero-order valence-corrected chi connectivity index (χ0v) is 28.7. The molecule has 7 heterocycles. The van der Waals surface area contributed by atoms with Crippen molar-refractivity contribution in [3.8, 4) is 21.3 Å². The summed E-state index contributed by atoms with van der Waals surface area (Å²) in [7, 11) is 0. The zero-order valence-electron chi connectivity index (χ0n) is 27.9. The van der Waals surface area contributed by atoms with Crippen molar-refractivity contribution in [2.24, 2.45) is 5.41 Å². The second-order valence-corrected chi connectivity index (χ2v) is 14.7. The van der Waals surface area contributed by atoms with Gasteiger partial charge in [0.15, 0.2) is 0 Å². The van der Waals surface area contributed by atoms with Crippen LogP contribution < -0.4 is 15.1 Å². The SMILES string of the molecule is Cc1cnc(N2CCC3(CC2)COC3)c(C(=O)Nc2ccc(C(=O)N3CCc4cc(-c5nc6cccc(F)c6[nH]5)sc4-c4ncccc43)cc2)c1. The summed E-state index contributed by atoms with van der Waals surface area (Å²) in [6, 6.07) is 19.5. The molecule has 9 rings (SSSR count). The Labute approximate surface area is 297 Å². The molecule has 2 saturated heterocycles. The second kappa shape index (κ2) is 12.4. The highest BCUT2D eigenvalue weighted by Gasteiger charge is 2.42. The fourth-order valence-electron chi connectivity index (χ4n) is 7.30. The molecule has 51 heavy (non-hydrogen) atoms. The minimum absolute atomic E-state index is 0.157. The van der Waals surface area contributed by atoms with E-state index in [-0.39, 0.29) is 23.0 Å². The highest BCUT2D eigenvalue weighted by Crippen LogP contribution is 2.44. The number of para-hydroxylation sites is 1. The van der Waals surface area contributed by atoms with Crippen molar-refractivity contribution in [2.45, 2.75) is 26.2 Å². The van der Waals surface area contributed by atoms with E-state index >= 15 is 0 Å². The summed E-state index contributed by atoms with van der Waals surface area (Å²) < 4.78 is 19.9. The Morgan fingerprint density at radius 1 is 1.00 bits per heavy atom. The fraction of sp³-hybridized carbons (Fsp3) is 0.256. The molecule has 3 aliphatic heterocycles. The number of anilines is 3. The maximum atomic E-state index is 14.4. The number of nitrogens with one attached hydrogen (secondary N) is 2. The molecular weight excluding hydrogens is 666 g/mol. The van der Waals surface area contributed by atoms with E-state index < -0.39 is 0 Å². The number of nitrogens with zero attached hydrogens (tertiary/aromatic N) is 5. The van der Waals surface area contributed by atoms with Crippen LogP contribution >= 0.6 is 11.3 Å². The number of ether oxygens (including phenoxy) is 1. The minimum atomic E-state index is -0.343. The molecule has 256 valence electrons. The molecule has 2 amide bonds. The first-order valence-electron chi connectivity index (χ1n) is 17.1. The van der Waals surface area contributed by atoms with Gasteiger partial charge in [-0.3, -0.25) is 14.6 Å². The molecule has 0 saturated carbocycles. The Morgan fingerprint density at radius 3 is 2.59 bits per heavy atom. The smallest absolute Gasteiger partial charge is 0.259 e. The largest absolute Gasteiger partial charge is 0.380 e. The number of piperidine rings is 1. The summed E-state index contributed by atoms with van der Waals surface area (Å²) in [6.45, 7) is 5.69. The number of thiophene rings is 1. The first-order valence-corrected chi connectivity index (χ1v) is 17.9. The Bertz CT molecular complexity index is 2320. The molecule has 1 spiro atoms. The van der Waals surface area contributed by atoms with Crippen LogP contribution in [0.1, 0.15) is 44.7 Å². The van der Waals surface area contributed by atoms with Crippen molar-refractivity contribution in [2.75, 3.05) is 48.0 Å². The summed E-state index contributed by atoms with van der Waals surface area (Å²) in [5.41, 5.74) is 6.25. The number of pyridine rings is 2. The van der Waals surface area contributed by atoms with E-state index in [4.69, 9.17) is 9.72 Å². The molecule has 12 heteroatoms. The topological polar surface area (TPSA) is 116 Å². The van der Waals surface area contributed by atoms with Gasteiger partial charge in [0.05, 0.1) is 39.7 Å². The minimum Gasteiger partial charge on any atom is -0.380 e. The lowest BCUT2D eigenvalue weighted by Crippen LogP contribution is -2.51. The third-order valence-electron chi connectivity index (χ3n) is 10.2. The van der Waals surface area contributed by atoms with Gasteiger partial charge in [0.2, 0.25) is 0 Å². The zero-order chi connectivity index (χ0) is 34.7. The van der Waals surface area contributed by atoms with E-state index in [1.54, 1.807) is 53.7 Å². The van der Waals surface area contributed by atoms with Gasteiger partial charge in [-0.1, -0.05) is 6.07 Å². The number of benzene rings is 2. The van der Waals surface area contributed by atoms with Crippen LogP contribution in [0.3, 0.4) is 0 Å². The monoisotopic (exact) mass is 699 g/mol. The summed E-state index contributed by atoms with van der Waals surface area (Å²) in [5, 5.41) is 3.03. The number of fused-ring (bicyclic) bond motifs is 4. The molecule has 0 bridgehead atoms. The third-order valence-corrected chi connectivity index (χ3v) is 11.4. The molecule has 3 aliphatic rings.